The topological polar surface area (TPSA) is 39.2 Å². The highest BCUT2D eigenvalue weighted by Crippen LogP contribution is 2.24. The Morgan fingerprint density at radius 2 is 2.15 bits per heavy atom. The number of carbonyl (C=O) groups excluding carboxylic acids is 1. The molecule has 0 aliphatic heterocycles. The maximum absolute atomic E-state index is 12.3. The molecule has 0 spiro atoms. The van der Waals surface area contributed by atoms with Crippen molar-refractivity contribution in [3.05, 3.63) is 58.4 Å². The molecular weight excluding hydrogens is 270 g/mol. The summed E-state index contributed by atoms with van der Waals surface area (Å²) in [6.45, 7) is 0. The van der Waals surface area contributed by atoms with E-state index >= 15 is 0 Å². The van der Waals surface area contributed by atoms with E-state index in [1.807, 2.05) is 35.7 Å². The molecule has 0 saturated heterocycles. The molecule has 3 nitrogen and oxygen atoms in total. The number of nitrogens with zero attached hydrogens (tertiary/aromatic N) is 1. The number of methoxy groups -OCH3 is 1. The van der Waals surface area contributed by atoms with E-state index in [9.17, 15) is 4.79 Å². The van der Waals surface area contributed by atoms with Gasteiger partial charge in [-0.1, -0.05) is 18.2 Å². The second kappa shape index (κ2) is 5.43. The Morgan fingerprint density at radius 3 is 2.95 bits per heavy atom. The van der Waals surface area contributed by atoms with Gasteiger partial charge in [0.05, 0.1) is 17.5 Å². The number of aromatic nitrogens is 1. The van der Waals surface area contributed by atoms with Gasteiger partial charge in [0.2, 0.25) is 0 Å². The van der Waals surface area contributed by atoms with Crippen LogP contribution in [0.4, 0.5) is 0 Å². The predicted octanol–water partition coefficient (Wildman–Crippen LogP) is 3.73. The van der Waals surface area contributed by atoms with Crippen molar-refractivity contribution in [3.8, 4) is 5.75 Å². The van der Waals surface area contributed by atoms with Gasteiger partial charge >= 0.3 is 0 Å². The zero-order valence-electron chi connectivity index (χ0n) is 11.0. The van der Waals surface area contributed by atoms with Crippen LogP contribution in [0.25, 0.3) is 10.9 Å². The Labute approximate surface area is 120 Å². The van der Waals surface area contributed by atoms with Gasteiger partial charge in [-0.25, -0.2) is 0 Å². The third kappa shape index (κ3) is 2.42. The lowest BCUT2D eigenvalue weighted by Gasteiger charge is -2.04. The van der Waals surface area contributed by atoms with Gasteiger partial charge in [-0.3, -0.25) is 9.78 Å². The highest BCUT2D eigenvalue weighted by Gasteiger charge is 2.12. The molecule has 0 amide bonds. The van der Waals surface area contributed by atoms with Gasteiger partial charge in [0.1, 0.15) is 5.75 Å². The quantitative estimate of drug-likeness (QED) is 0.685. The lowest BCUT2D eigenvalue weighted by molar-refractivity contribution is 0.0997. The number of carbonyl (C=O) groups is 1. The number of Topliss-reactive ketones (excluding diaryl/α,β-unsaturated/α-hetero) is 1. The number of para-hydroxylation sites is 1. The fraction of sp³-hybridized carbons (Fsp3) is 0.125. The molecular formula is C16H13NO2S. The highest BCUT2D eigenvalue weighted by atomic mass is 32.1. The van der Waals surface area contributed by atoms with Crippen LogP contribution in [0.5, 0.6) is 5.75 Å². The van der Waals surface area contributed by atoms with Crippen LogP contribution in [0.1, 0.15) is 15.2 Å². The molecule has 0 unspecified atom stereocenters. The molecule has 0 bridgehead atoms. The van der Waals surface area contributed by atoms with E-state index in [0.717, 1.165) is 27.1 Å². The van der Waals surface area contributed by atoms with Gasteiger partial charge in [-0.05, 0) is 17.7 Å². The molecule has 100 valence electrons. The van der Waals surface area contributed by atoms with Crippen LogP contribution in [0.2, 0.25) is 0 Å². The van der Waals surface area contributed by atoms with Crippen LogP contribution in [0, 0.1) is 0 Å². The Bertz CT molecular complexity index is 759. The summed E-state index contributed by atoms with van der Waals surface area (Å²) in [5, 5.41) is 2.88. The van der Waals surface area contributed by atoms with Crippen LogP contribution < -0.4 is 4.74 Å². The molecule has 0 N–H and O–H groups in total. The summed E-state index contributed by atoms with van der Waals surface area (Å²) < 4.78 is 5.11. The molecule has 20 heavy (non-hydrogen) atoms. The molecule has 0 aliphatic rings. The van der Waals surface area contributed by atoms with E-state index in [1.165, 1.54) is 11.3 Å². The van der Waals surface area contributed by atoms with Crippen molar-refractivity contribution in [2.75, 3.05) is 7.11 Å². The monoisotopic (exact) mass is 283 g/mol. The number of hydrogen-bond donors (Lipinski definition) is 0. The molecule has 1 aromatic carbocycles. The van der Waals surface area contributed by atoms with Gasteiger partial charge in [0.25, 0.3) is 0 Å². The second-order valence-electron chi connectivity index (χ2n) is 4.44. The maximum Gasteiger partial charge on any atom is 0.177 e. The predicted molar refractivity (Wildman–Crippen MR) is 80.6 cm³/mol. The number of rotatable bonds is 4. The van der Waals surface area contributed by atoms with Crippen molar-refractivity contribution in [3.63, 3.8) is 0 Å². The summed E-state index contributed by atoms with van der Waals surface area (Å²) in [5.41, 5.74) is 1.93. The molecule has 4 heteroatoms. The third-order valence-electron chi connectivity index (χ3n) is 3.18. The SMILES string of the molecule is COc1csc(C(=O)Cc2ccnc3ccccc23)c1. The van der Waals surface area contributed by atoms with E-state index in [1.54, 1.807) is 19.4 Å². The van der Waals surface area contributed by atoms with Gasteiger partial charge in [-0.15, -0.1) is 11.3 Å². The van der Waals surface area contributed by atoms with Gasteiger partial charge in [-0.2, -0.15) is 0 Å². The number of hydrogen-bond acceptors (Lipinski definition) is 4. The summed E-state index contributed by atoms with van der Waals surface area (Å²) in [7, 11) is 1.60. The average molecular weight is 283 g/mol. The van der Waals surface area contributed by atoms with Crippen LogP contribution >= 0.6 is 11.3 Å². The van der Waals surface area contributed by atoms with E-state index in [0.29, 0.717) is 6.42 Å². The minimum atomic E-state index is 0.106. The zero-order valence-corrected chi connectivity index (χ0v) is 11.8. The molecule has 2 heterocycles. The van der Waals surface area contributed by atoms with Crippen LogP contribution in [-0.4, -0.2) is 17.9 Å². The highest BCUT2D eigenvalue weighted by molar-refractivity contribution is 7.12. The molecule has 0 fully saturated rings. The lowest BCUT2D eigenvalue weighted by atomic mass is 10.0. The van der Waals surface area contributed by atoms with Crippen molar-refractivity contribution >= 4 is 28.0 Å². The van der Waals surface area contributed by atoms with Crippen molar-refractivity contribution in [2.24, 2.45) is 0 Å². The number of benzene rings is 1. The number of ketones is 1. The minimum Gasteiger partial charge on any atom is -0.496 e. The molecule has 0 radical (unpaired) electrons. The first-order valence-corrected chi connectivity index (χ1v) is 7.14. The van der Waals surface area contributed by atoms with E-state index in [2.05, 4.69) is 4.98 Å². The number of thiophene rings is 1. The second-order valence-corrected chi connectivity index (χ2v) is 5.35. The maximum atomic E-state index is 12.3. The number of ether oxygens (including phenoxy) is 1. The Kier molecular flexibility index (Phi) is 3.48. The van der Waals surface area contributed by atoms with E-state index in [4.69, 9.17) is 4.74 Å². The summed E-state index contributed by atoms with van der Waals surface area (Å²) in [5.74, 6) is 0.840. The average Bonchev–Trinajstić information content (AvgIpc) is 2.97. The molecule has 0 saturated carbocycles. The van der Waals surface area contributed by atoms with E-state index < -0.39 is 0 Å². The van der Waals surface area contributed by atoms with Crippen LogP contribution in [0.15, 0.2) is 48.0 Å². The van der Waals surface area contributed by atoms with Crippen LogP contribution in [0.3, 0.4) is 0 Å². The summed E-state index contributed by atoms with van der Waals surface area (Å²) in [6.07, 6.45) is 2.13. The van der Waals surface area contributed by atoms with E-state index in [-0.39, 0.29) is 5.78 Å². The lowest BCUT2D eigenvalue weighted by Crippen LogP contribution is -2.02. The smallest absolute Gasteiger partial charge is 0.177 e. The van der Waals surface area contributed by atoms with Crippen molar-refractivity contribution in [2.45, 2.75) is 6.42 Å². The normalized spacial score (nSPS) is 10.7. The molecule has 0 atom stereocenters. The molecule has 0 aliphatic carbocycles. The summed E-state index contributed by atoms with van der Waals surface area (Å²) in [6, 6.07) is 11.6. The standard InChI is InChI=1S/C16H13NO2S/c1-19-12-9-16(20-10-12)15(18)8-11-6-7-17-14-5-3-2-4-13(11)14/h2-7,9-10H,8H2,1H3. The van der Waals surface area contributed by atoms with Crippen LogP contribution in [-0.2, 0) is 6.42 Å². The Morgan fingerprint density at radius 1 is 1.30 bits per heavy atom. The fourth-order valence-electron chi connectivity index (χ4n) is 2.14. The first-order valence-electron chi connectivity index (χ1n) is 6.26. The number of pyridine rings is 1. The largest absolute Gasteiger partial charge is 0.496 e. The number of fused-ring (bicyclic) bond motifs is 1. The molecule has 3 aromatic rings. The summed E-state index contributed by atoms with van der Waals surface area (Å²) in [4.78, 5) is 17.4. The minimum absolute atomic E-state index is 0.106. The van der Waals surface area contributed by atoms with Crippen molar-refractivity contribution in [1.82, 2.24) is 4.98 Å². The first kappa shape index (κ1) is 12.8. The van der Waals surface area contributed by atoms with Gasteiger partial charge < -0.3 is 4.74 Å². The summed E-state index contributed by atoms with van der Waals surface area (Å²) >= 11 is 1.42. The van der Waals surface area contributed by atoms with Gasteiger partial charge in [0, 0.05) is 29.5 Å². The van der Waals surface area contributed by atoms with Crippen molar-refractivity contribution < 1.29 is 9.53 Å². The molecule has 3 rings (SSSR count). The first-order chi connectivity index (χ1) is 9.78. The Balaban J connectivity index is 1.91. The third-order valence-corrected chi connectivity index (χ3v) is 4.13. The van der Waals surface area contributed by atoms with Crippen molar-refractivity contribution in [1.29, 1.82) is 0 Å². The molecule has 2 aromatic heterocycles. The Hall–Kier alpha value is -2.20. The van der Waals surface area contributed by atoms with Gasteiger partial charge in [0.15, 0.2) is 5.78 Å². The zero-order chi connectivity index (χ0) is 13.9. The fourth-order valence-corrected chi connectivity index (χ4v) is 2.94.